The summed E-state index contributed by atoms with van der Waals surface area (Å²) in [6, 6.07) is 0. The van der Waals surface area contributed by atoms with Crippen molar-refractivity contribution in [2.45, 2.75) is 39.2 Å². The van der Waals surface area contributed by atoms with Crippen molar-refractivity contribution in [2.24, 2.45) is 0 Å². The van der Waals surface area contributed by atoms with Crippen LogP contribution >= 0.6 is 0 Å². The molecule has 0 aliphatic carbocycles. The SMILES string of the molecule is CC(=O)OC(C)(C)C(=O)ON1C(=O)CCC1=O. The summed E-state index contributed by atoms with van der Waals surface area (Å²) < 4.78 is 4.72. The van der Waals surface area contributed by atoms with Gasteiger partial charge in [0, 0.05) is 19.8 Å². The van der Waals surface area contributed by atoms with E-state index in [2.05, 4.69) is 4.84 Å². The van der Waals surface area contributed by atoms with E-state index >= 15 is 0 Å². The number of carbonyl (C=O) groups excluding carboxylic acids is 4. The molecule has 1 aliphatic rings. The Labute approximate surface area is 97.6 Å². The molecule has 1 heterocycles. The largest absolute Gasteiger partial charge is 0.448 e. The quantitative estimate of drug-likeness (QED) is 0.509. The smallest absolute Gasteiger partial charge is 0.375 e. The van der Waals surface area contributed by atoms with Gasteiger partial charge in [0.05, 0.1) is 0 Å². The molecule has 2 amide bonds. The van der Waals surface area contributed by atoms with Crippen LogP contribution in [-0.2, 0) is 28.8 Å². The Morgan fingerprint density at radius 2 is 1.65 bits per heavy atom. The summed E-state index contributed by atoms with van der Waals surface area (Å²) in [5.41, 5.74) is -1.55. The lowest BCUT2D eigenvalue weighted by Crippen LogP contribution is -2.43. The molecule has 1 fully saturated rings. The van der Waals surface area contributed by atoms with Crippen LogP contribution in [0.3, 0.4) is 0 Å². The highest BCUT2D eigenvalue weighted by atomic mass is 16.7. The number of ether oxygens (including phenoxy) is 1. The lowest BCUT2D eigenvalue weighted by atomic mass is 10.1. The maximum absolute atomic E-state index is 11.6. The molecule has 0 bridgehead atoms. The van der Waals surface area contributed by atoms with Gasteiger partial charge in [-0.1, -0.05) is 0 Å². The van der Waals surface area contributed by atoms with E-state index in [1.165, 1.54) is 13.8 Å². The summed E-state index contributed by atoms with van der Waals surface area (Å²) in [6.07, 6.45) is 0.0280. The monoisotopic (exact) mass is 243 g/mol. The minimum absolute atomic E-state index is 0.0140. The fourth-order valence-electron chi connectivity index (χ4n) is 1.25. The van der Waals surface area contributed by atoms with Crippen molar-refractivity contribution in [2.75, 3.05) is 0 Å². The molecular weight excluding hydrogens is 230 g/mol. The lowest BCUT2D eigenvalue weighted by molar-refractivity contribution is -0.212. The Hall–Kier alpha value is -1.92. The van der Waals surface area contributed by atoms with Crippen LogP contribution in [0.25, 0.3) is 0 Å². The zero-order valence-electron chi connectivity index (χ0n) is 9.81. The van der Waals surface area contributed by atoms with E-state index in [-0.39, 0.29) is 12.8 Å². The Morgan fingerprint density at radius 3 is 2.06 bits per heavy atom. The van der Waals surface area contributed by atoms with Crippen molar-refractivity contribution in [3.8, 4) is 0 Å². The zero-order chi connectivity index (χ0) is 13.2. The number of hydroxylamine groups is 2. The summed E-state index contributed by atoms with van der Waals surface area (Å²) in [5.74, 6) is -2.80. The van der Waals surface area contributed by atoms with Gasteiger partial charge in [-0.2, -0.15) is 0 Å². The third kappa shape index (κ3) is 3.02. The van der Waals surface area contributed by atoms with Crippen LogP contribution < -0.4 is 0 Å². The van der Waals surface area contributed by atoms with Crippen molar-refractivity contribution >= 4 is 23.8 Å². The Morgan fingerprint density at radius 1 is 1.18 bits per heavy atom. The fourth-order valence-corrected chi connectivity index (χ4v) is 1.25. The Kier molecular flexibility index (Phi) is 3.50. The van der Waals surface area contributed by atoms with E-state index in [4.69, 9.17) is 4.74 Å². The molecule has 0 unspecified atom stereocenters. The van der Waals surface area contributed by atoms with Crippen molar-refractivity contribution in [1.29, 1.82) is 0 Å². The van der Waals surface area contributed by atoms with Gasteiger partial charge in [-0.15, -0.1) is 5.06 Å². The molecule has 1 saturated heterocycles. The first-order valence-corrected chi connectivity index (χ1v) is 5.02. The van der Waals surface area contributed by atoms with Gasteiger partial charge in [0.2, 0.25) is 5.60 Å². The van der Waals surface area contributed by atoms with Crippen LogP contribution in [0.1, 0.15) is 33.6 Å². The highest BCUT2D eigenvalue weighted by molar-refractivity contribution is 6.02. The van der Waals surface area contributed by atoms with Crippen molar-refractivity contribution in [1.82, 2.24) is 5.06 Å². The zero-order valence-corrected chi connectivity index (χ0v) is 9.81. The topological polar surface area (TPSA) is 90.0 Å². The molecular formula is C10H13NO6. The molecule has 0 aromatic heterocycles. The lowest BCUT2D eigenvalue weighted by Gasteiger charge is -2.23. The molecule has 0 saturated carbocycles. The third-order valence-corrected chi connectivity index (χ3v) is 2.07. The summed E-state index contributed by atoms with van der Waals surface area (Å²) in [4.78, 5) is 49.4. The minimum atomic E-state index is -1.55. The molecule has 7 heteroatoms. The fraction of sp³-hybridized carbons (Fsp3) is 0.600. The van der Waals surface area contributed by atoms with Gasteiger partial charge >= 0.3 is 11.9 Å². The van der Waals surface area contributed by atoms with Gasteiger partial charge < -0.3 is 9.57 Å². The summed E-state index contributed by atoms with van der Waals surface area (Å²) in [5, 5.41) is 0.410. The maximum atomic E-state index is 11.6. The van der Waals surface area contributed by atoms with Gasteiger partial charge in [0.15, 0.2) is 0 Å². The third-order valence-electron chi connectivity index (χ3n) is 2.07. The molecule has 0 spiro atoms. The van der Waals surface area contributed by atoms with Crippen LogP contribution in [0.5, 0.6) is 0 Å². The number of carbonyl (C=O) groups is 4. The molecule has 1 aliphatic heterocycles. The second-order valence-electron chi connectivity index (χ2n) is 4.06. The Balaban J connectivity index is 2.68. The molecule has 17 heavy (non-hydrogen) atoms. The molecule has 0 aromatic rings. The number of rotatable bonds is 3. The molecule has 0 N–H and O–H groups in total. The van der Waals surface area contributed by atoms with Gasteiger partial charge in [0.1, 0.15) is 0 Å². The van der Waals surface area contributed by atoms with E-state index in [0.29, 0.717) is 5.06 Å². The highest BCUT2D eigenvalue weighted by Gasteiger charge is 2.39. The molecule has 7 nitrogen and oxygen atoms in total. The molecule has 0 radical (unpaired) electrons. The standard InChI is InChI=1S/C10H13NO6/c1-6(12)16-10(2,3)9(15)17-11-7(13)4-5-8(11)14/h4-5H2,1-3H3. The van der Waals surface area contributed by atoms with Crippen LogP contribution in [-0.4, -0.2) is 34.4 Å². The van der Waals surface area contributed by atoms with Crippen LogP contribution in [0, 0.1) is 0 Å². The number of hydrogen-bond acceptors (Lipinski definition) is 6. The van der Waals surface area contributed by atoms with Gasteiger partial charge in [-0.25, -0.2) is 4.79 Å². The molecule has 0 aromatic carbocycles. The van der Waals surface area contributed by atoms with E-state index in [9.17, 15) is 19.2 Å². The van der Waals surface area contributed by atoms with Gasteiger partial charge in [0.25, 0.3) is 11.8 Å². The van der Waals surface area contributed by atoms with E-state index in [0.717, 1.165) is 6.92 Å². The van der Waals surface area contributed by atoms with Crippen molar-refractivity contribution in [3.63, 3.8) is 0 Å². The normalized spacial score (nSPS) is 16.1. The maximum Gasteiger partial charge on any atom is 0.375 e. The average molecular weight is 243 g/mol. The number of esters is 1. The predicted octanol–water partition coefficient (Wildman–Crippen LogP) is -0.0647. The van der Waals surface area contributed by atoms with E-state index in [1.54, 1.807) is 0 Å². The summed E-state index contributed by atoms with van der Waals surface area (Å²) in [6.45, 7) is 3.75. The second kappa shape index (κ2) is 4.52. The molecule has 1 rings (SSSR count). The number of nitrogens with zero attached hydrogens (tertiary/aromatic N) is 1. The van der Waals surface area contributed by atoms with Gasteiger partial charge in [-0.3, -0.25) is 14.4 Å². The number of amides is 2. The number of hydrogen-bond donors (Lipinski definition) is 0. The van der Waals surface area contributed by atoms with Crippen LogP contribution in [0.4, 0.5) is 0 Å². The first-order chi connectivity index (χ1) is 7.74. The first-order valence-electron chi connectivity index (χ1n) is 5.02. The van der Waals surface area contributed by atoms with Crippen molar-refractivity contribution < 1.29 is 28.8 Å². The Bertz CT molecular complexity index is 370. The van der Waals surface area contributed by atoms with Gasteiger partial charge in [-0.05, 0) is 13.8 Å². The highest BCUT2D eigenvalue weighted by Crippen LogP contribution is 2.17. The molecule has 0 atom stereocenters. The average Bonchev–Trinajstić information content (AvgIpc) is 2.47. The summed E-state index contributed by atoms with van der Waals surface area (Å²) >= 11 is 0. The summed E-state index contributed by atoms with van der Waals surface area (Å²) in [7, 11) is 0. The first kappa shape index (κ1) is 13.1. The number of imide groups is 1. The minimum Gasteiger partial charge on any atom is -0.448 e. The van der Waals surface area contributed by atoms with E-state index in [1.807, 2.05) is 0 Å². The van der Waals surface area contributed by atoms with Crippen molar-refractivity contribution in [3.05, 3.63) is 0 Å². The van der Waals surface area contributed by atoms with Crippen LogP contribution in [0.15, 0.2) is 0 Å². The molecule has 94 valence electrons. The second-order valence-corrected chi connectivity index (χ2v) is 4.06. The predicted molar refractivity (Wildman–Crippen MR) is 53.0 cm³/mol. The van der Waals surface area contributed by atoms with E-state index < -0.39 is 29.4 Å². The van der Waals surface area contributed by atoms with Crippen LogP contribution in [0.2, 0.25) is 0 Å².